The SMILES string of the molecule is CCc1ccc(COc2ccc(-n3c(=O)cc(C(F)(F)F)n(C)c3=O)cc2)c(OC(C)C(=O)OC)c1.COc1cc(OC)nc(NC(=O)NS(=O)(=O)c2c(C(=O)O)c(Cl)nn2C)n1. The van der Waals surface area contributed by atoms with Gasteiger partial charge in [-0.05, 0) is 49.2 Å². The fourth-order valence-corrected chi connectivity index (χ4v) is 6.94. The lowest BCUT2D eigenvalue weighted by Crippen LogP contribution is -2.40. The molecule has 3 N–H and O–H groups in total. The van der Waals surface area contributed by atoms with Crippen LogP contribution in [-0.4, -0.2) is 87.8 Å². The minimum Gasteiger partial charge on any atom is -0.489 e. The summed E-state index contributed by atoms with van der Waals surface area (Å²) < 4.78 is 93.4. The Labute approximate surface area is 360 Å². The fourth-order valence-electron chi connectivity index (χ4n) is 5.37. The van der Waals surface area contributed by atoms with Gasteiger partial charge in [-0.3, -0.25) is 19.4 Å². The Morgan fingerprint density at radius 2 is 1.57 bits per heavy atom. The first-order chi connectivity index (χ1) is 29.5. The molecular weight excluding hydrogens is 889 g/mol. The number of anilines is 1. The van der Waals surface area contributed by atoms with Crippen LogP contribution in [-0.2, 0) is 52.9 Å². The number of alkyl halides is 3. The predicted molar refractivity (Wildman–Crippen MR) is 214 cm³/mol. The van der Waals surface area contributed by atoms with Gasteiger partial charge in [0.15, 0.2) is 16.3 Å². The highest BCUT2D eigenvalue weighted by Gasteiger charge is 2.35. The molecule has 2 aromatic carbocycles. The van der Waals surface area contributed by atoms with Crippen molar-refractivity contribution in [2.45, 2.75) is 44.2 Å². The molecule has 0 aliphatic rings. The summed E-state index contributed by atoms with van der Waals surface area (Å²) in [6.07, 6.45) is -4.91. The number of nitrogens with one attached hydrogen (secondary N) is 2. The smallest absolute Gasteiger partial charge is 0.431 e. The summed E-state index contributed by atoms with van der Waals surface area (Å²) in [7, 11) is 1.36. The molecule has 0 saturated carbocycles. The van der Waals surface area contributed by atoms with Crippen molar-refractivity contribution in [3.63, 3.8) is 0 Å². The topological polar surface area (TPSA) is 263 Å². The van der Waals surface area contributed by atoms with Gasteiger partial charge in [0, 0.05) is 25.7 Å². The summed E-state index contributed by atoms with van der Waals surface area (Å²) in [6.45, 7) is 3.63. The van der Waals surface area contributed by atoms with E-state index in [4.69, 9.17) is 40.4 Å². The predicted octanol–water partition coefficient (Wildman–Crippen LogP) is 3.73. The third-order valence-corrected chi connectivity index (χ3v) is 10.1. The normalized spacial score (nSPS) is 11.7. The van der Waals surface area contributed by atoms with Crippen molar-refractivity contribution in [3.05, 3.63) is 103 Å². The van der Waals surface area contributed by atoms with Crippen molar-refractivity contribution in [1.29, 1.82) is 0 Å². The molecule has 0 saturated heterocycles. The lowest BCUT2D eigenvalue weighted by atomic mass is 10.1. The zero-order chi connectivity index (χ0) is 47.0. The lowest BCUT2D eigenvalue weighted by Gasteiger charge is -2.17. The molecule has 0 spiro atoms. The number of methoxy groups -OCH3 is 3. The fraction of sp³-hybridized carbons (Fsp3) is 0.297. The molecule has 1 atom stereocenters. The number of carbonyl (C=O) groups is 3. The molecule has 2 amide bonds. The van der Waals surface area contributed by atoms with Crippen molar-refractivity contribution in [2.75, 3.05) is 26.6 Å². The number of hydrogen-bond acceptors (Lipinski definition) is 15. The highest BCUT2D eigenvalue weighted by Crippen LogP contribution is 2.28. The quantitative estimate of drug-likeness (QED) is 0.134. The molecule has 63 heavy (non-hydrogen) atoms. The van der Waals surface area contributed by atoms with Crippen LogP contribution < -0.4 is 40.2 Å². The minimum atomic E-state index is -4.84. The van der Waals surface area contributed by atoms with Gasteiger partial charge in [0.1, 0.15) is 29.4 Å². The van der Waals surface area contributed by atoms with Crippen LogP contribution in [0.3, 0.4) is 0 Å². The maximum absolute atomic E-state index is 13.1. The van der Waals surface area contributed by atoms with Gasteiger partial charge in [0.25, 0.3) is 15.6 Å². The van der Waals surface area contributed by atoms with Crippen LogP contribution in [0.2, 0.25) is 5.15 Å². The number of ether oxygens (including phenoxy) is 5. The van der Waals surface area contributed by atoms with Gasteiger partial charge >= 0.3 is 29.8 Å². The van der Waals surface area contributed by atoms with Gasteiger partial charge in [-0.25, -0.2) is 28.5 Å². The van der Waals surface area contributed by atoms with E-state index >= 15 is 0 Å². The largest absolute Gasteiger partial charge is 0.489 e. The summed E-state index contributed by atoms with van der Waals surface area (Å²) in [6, 6.07) is 11.7. The molecule has 1 unspecified atom stereocenters. The van der Waals surface area contributed by atoms with Crippen LogP contribution >= 0.6 is 11.6 Å². The maximum atomic E-state index is 13.1. The molecule has 21 nitrogen and oxygen atoms in total. The van der Waals surface area contributed by atoms with Crippen molar-refractivity contribution in [1.82, 2.24) is 33.6 Å². The van der Waals surface area contributed by atoms with E-state index in [9.17, 15) is 45.6 Å². The number of rotatable bonds is 14. The van der Waals surface area contributed by atoms with E-state index in [0.29, 0.717) is 36.9 Å². The Morgan fingerprint density at radius 1 is 0.952 bits per heavy atom. The van der Waals surface area contributed by atoms with Gasteiger partial charge < -0.3 is 28.8 Å². The van der Waals surface area contributed by atoms with Gasteiger partial charge in [-0.2, -0.15) is 36.7 Å². The van der Waals surface area contributed by atoms with E-state index in [-0.39, 0.29) is 30.0 Å². The molecule has 26 heteroatoms. The average Bonchev–Trinajstić information content (AvgIpc) is 3.55. The van der Waals surface area contributed by atoms with Gasteiger partial charge in [0.05, 0.1) is 33.1 Å². The molecule has 5 rings (SSSR count). The van der Waals surface area contributed by atoms with Crippen molar-refractivity contribution < 1.29 is 64.8 Å². The number of aromatic carboxylic acids is 1. The second-order valence-electron chi connectivity index (χ2n) is 12.6. The van der Waals surface area contributed by atoms with E-state index in [1.54, 1.807) is 11.6 Å². The summed E-state index contributed by atoms with van der Waals surface area (Å²) in [5.74, 6) is -1.54. The van der Waals surface area contributed by atoms with Gasteiger partial charge in [0.2, 0.25) is 17.7 Å². The summed E-state index contributed by atoms with van der Waals surface area (Å²) in [5, 5.41) is 13.4. The number of nitrogens with zero attached hydrogens (tertiary/aromatic N) is 6. The van der Waals surface area contributed by atoms with Gasteiger partial charge in [-0.1, -0.05) is 30.7 Å². The molecule has 3 aromatic heterocycles. The first-order valence-electron chi connectivity index (χ1n) is 17.8. The maximum Gasteiger partial charge on any atom is 0.431 e. The molecule has 338 valence electrons. The van der Waals surface area contributed by atoms with Crippen molar-refractivity contribution in [2.24, 2.45) is 14.1 Å². The number of hydrogen-bond donors (Lipinski definition) is 3. The van der Waals surface area contributed by atoms with Crippen LogP contribution in [0.25, 0.3) is 5.69 Å². The molecule has 0 fully saturated rings. The highest BCUT2D eigenvalue weighted by molar-refractivity contribution is 7.90. The number of carboxylic acids is 1. The summed E-state index contributed by atoms with van der Waals surface area (Å²) >= 11 is 5.63. The minimum absolute atomic E-state index is 0.0478. The Hall–Kier alpha value is -7.15. The monoisotopic (exact) mass is 926 g/mol. The van der Waals surface area contributed by atoms with Crippen LogP contribution in [0.4, 0.5) is 23.9 Å². The standard InChI is InChI=1S/C25H25F3N2O6.C12H13ClN6O7S/c1-5-16-6-7-17(20(12-16)36-15(2)23(32)34-4)14-35-19-10-8-18(9-11-19)30-22(31)13-21(25(26,27)28)29(3)24(30)33;1-19-9(7(10(20)21)8(13)17-19)27(23,24)18-12(22)16-11-14-5(25-2)4-6(15-11)26-3/h6-13,15H,5,14H2,1-4H3;4H,1-3H3,(H,20,21)(H2,14,15,16,18,22). The van der Waals surface area contributed by atoms with E-state index in [1.165, 1.54) is 51.7 Å². The number of halogens is 4. The average molecular weight is 927 g/mol. The van der Waals surface area contributed by atoms with E-state index < -0.39 is 73.0 Å². The lowest BCUT2D eigenvalue weighted by molar-refractivity contribution is -0.148. The number of benzene rings is 2. The van der Waals surface area contributed by atoms with Crippen LogP contribution in [0.5, 0.6) is 23.3 Å². The molecular formula is C37H38ClF3N8O13S. The number of amides is 2. The number of aryl methyl sites for hydroxylation is 2. The van der Waals surface area contributed by atoms with Gasteiger partial charge in [-0.15, -0.1) is 0 Å². The number of carboxylic acid groups (broad SMARTS) is 1. The van der Waals surface area contributed by atoms with E-state index in [0.717, 1.165) is 26.1 Å². The Morgan fingerprint density at radius 3 is 2.11 bits per heavy atom. The Balaban J connectivity index is 0.000000288. The Bertz CT molecular complexity index is 2720. The van der Waals surface area contributed by atoms with E-state index in [1.807, 2.05) is 25.1 Å². The number of sulfonamides is 1. The number of esters is 1. The zero-order valence-electron chi connectivity index (χ0n) is 34.1. The number of aromatic nitrogens is 6. The highest BCUT2D eigenvalue weighted by atomic mass is 35.5. The first-order valence-corrected chi connectivity index (χ1v) is 19.7. The molecule has 0 bridgehead atoms. The number of carbonyl (C=O) groups excluding carboxylic acids is 2. The van der Waals surface area contributed by atoms with Crippen LogP contribution in [0.1, 0.15) is 41.0 Å². The number of urea groups is 1. The Kier molecular flexibility index (Phi) is 15.5. The summed E-state index contributed by atoms with van der Waals surface area (Å²) in [5.41, 5.74) is -2.58. The molecule has 0 aliphatic carbocycles. The zero-order valence-corrected chi connectivity index (χ0v) is 35.7. The van der Waals surface area contributed by atoms with Crippen LogP contribution in [0.15, 0.2) is 69.2 Å². The second kappa shape index (κ2) is 20.1. The third-order valence-electron chi connectivity index (χ3n) is 8.45. The van der Waals surface area contributed by atoms with Crippen LogP contribution in [0, 0.1) is 0 Å². The van der Waals surface area contributed by atoms with Crippen molar-refractivity contribution >= 4 is 45.5 Å². The molecule has 0 aliphatic heterocycles. The van der Waals surface area contributed by atoms with Crippen molar-refractivity contribution in [3.8, 4) is 28.9 Å². The first kappa shape index (κ1) is 48.5. The molecule has 3 heterocycles. The summed E-state index contributed by atoms with van der Waals surface area (Å²) in [4.78, 5) is 67.4. The van der Waals surface area contributed by atoms with E-state index in [2.05, 4.69) is 20.4 Å². The third kappa shape index (κ3) is 11.8. The molecule has 5 aromatic rings. The second-order valence-corrected chi connectivity index (χ2v) is 14.6. The molecule has 0 radical (unpaired) electrons.